The van der Waals surface area contributed by atoms with Gasteiger partial charge in [-0.1, -0.05) is 31.4 Å². The second kappa shape index (κ2) is 12.1. The second-order valence-corrected chi connectivity index (χ2v) is 8.21. The lowest BCUT2D eigenvalue weighted by atomic mass is 9.85. The van der Waals surface area contributed by atoms with Crippen molar-refractivity contribution >= 4 is 12.0 Å². The lowest BCUT2D eigenvalue weighted by Crippen LogP contribution is -2.23. The Morgan fingerprint density at radius 2 is 1.73 bits per heavy atom. The second-order valence-electron chi connectivity index (χ2n) is 8.21. The van der Waals surface area contributed by atoms with E-state index in [1.165, 1.54) is 12.2 Å². The fourth-order valence-corrected chi connectivity index (χ4v) is 4.31. The van der Waals surface area contributed by atoms with Crippen LogP contribution in [-0.2, 0) is 4.79 Å². The molecule has 1 unspecified atom stereocenters. The van der Waals surface area contributed by atoms with Gasteiger partial charge >= 0.3 is 5.97 Å². The molecule has 0 aromatic heterocycles. The zero-order chi connectivity index (χ0) is 22.1. The number of aliphatic hydroxyl groups is 3. The molecule has 0 heterocycles. The van der Waals surface area contributed by atoms with Crippen molar-refractivity contribution < 1.29 is 34.0 Å². The molecule has 0 radical (unpaired) electrons. The van der Waals surface area contributed by atoms with Gasteiger partial charge in [0.1, 0.15) is 11.6 Å². The summed E-state index contributed by atoms with van der Waals surface area (Å²) >= 11 is 0. The van der Waals surface area contributed by atoms with Crippen LogP contribution in [-0.4, -0.2) is 44.7 Å². The van der Waals surface area contributed by atoms with E-state index in [9.17, 15) is 28.9 Å². The molecule has 168 valence electrons. The van der Waals surface area contributed by atoms with E-state index in [0.717, 1.165) is 43.9 Å². The molecule has 0 spiro atoms. The third-order valence-corrected chi connectivity index (χ3v) is 5.95. The Morgan fingerprint density at radius 1 is 1.07 bits per heavy atom. The summed E-state index contributed by atoms with van der Waals surface area (Å²) in [5.41, 5.74) is 0.0612. The van der Waals surface area contributed by atoms with Crippen molar-refractivity contribution in [2.24, 2.45) is 11.8 Å². The minimum atomic E-state index is -0.866. The molecule has 1 aromatic carbocycles. The molecule has 30 heavy (non-hydrogen) atoms. The van der Waals surface area contributed by atoms with Gasteiger partial charge in [0.25, 0.3) is 0 Å². The van der Waals surface area contributed by atoms with E-state index < -0.39 is 35.9 Å². The Kier molecular flexibility index (Phi) is 9.88. The summed E-state index contributed by atoms with van der Waals surface area (Å²) in [6, 6.07) is 3.12. The van der Waals surface area contributed by atoms with Crippen molar-refractivity contribution in [2.75, 3.05) is 0 Å². The van der Waals surface area contributed by atoms with Gasteiger partial charge in [-0.15, -0.1) is 0 Å². The van der Waals surface area contributed by atoms with Crippen LogP contribution in [0.3, 0.4) is 0 Å². The first-order valence-electron chi connectivity index (χ1n) is 10.7. The third kappa shape index (κ3) is 7.78. The fourth-order valence-electron chi connectivity index (χ4n) is 4.31. The zero-order valence-electron chi connectivity index (χ0n) is 17.1. The van der Waals surface area contributed by atoms with E-state index in [2.05, 4.69) is 0 Å². The Labute approximate surface area is 176 Å². The van der Waals surface area contributed by atoms with E-state index in [1.54, 1.807) is 0 Å². The van der Waals surface area contributed by atoms with Crippen molar-refractivity contribution in [3.05, 3.63) is 41.5 Å². The maximum Gasteiger partial charge on any atom is 0.303 e. The van der Waals surface area contributed by atoms with Crippen LogP contribution in [0.1, 0.15) is 63.4 Å². The van der Waals surface area contributed by atoms with Gasteiger partial charge in [0.15, 0.2) is 0 Å². The van der Waals surface area contributed by atoms with E-state index in [4.69, 9.17) is 5.11 Å². The van der Waals surface area contributed by atoms with Crippen LogP contribution in [0.25, 0.3) is 6.08 Å². The van der Waals surface area contributed by atoms with E-state index in [1.807, 2.05) is 0 Å². The predicted molar refractivity (Wildman–Crippen MR) is 110 cm³/mol. The number of carbonyl (C=O) groups is 1. The van der Waals surface area contributed by atoms with Crippen molar-refractivity contribution in [3.8, 4) is 0 Å². The van der Waals surface area contributed by atoms with Gasteiger partial charge < -0.3 is 20.4 Å². The number of hydrogen-bond donors (Lipinski definition) is 4. The van der Waals surface area contributed by atoms with Crippen LogP contribution < -0.4 is 0 Å². The minimum absolute atomic E-state index is 0.0590. The maximum absolute atomic E-state index is 13.6. The molecule has 0 aliphatic heterocycles. The molecule has 2 rings (SSSR count). The van der Waals surface area contributed by atoms with Gasteiger partial charge in [-0.2, -0.15) is 0 Å². The normalized spacial score (nSPS) is 25.1. The van der Waals surface area contributed by atoms with Gasteiger partial charge in [0, 0.05) is 12.0 Å². The number of aliphatic carboxylic acids is 1. The number of aliphatic hydroxyl groups excluding tert-OH is 3. The molecule has 1 aromatic rings. The number of rotatable bonds is 12. The largest absolute Gasteiger partial charge is 0.481 e. The molecule has 4 N–H and O–H groups in total. The SMILES string of the molecule is O=C(O)CCCCCC[C@@H]1[C@@H](CCC(O)/C=C/c2cc(F)ccc2F)[C@H](O)C[C@@H]1O. The van der Waals surface area contributed by atoms with E-state index in [0.29, 0.717) is 25.7 Å². The highest BCUT2D eigenvalue weighted by Gasteiger charge is 2.40. The third-order valence-electron chi connectivity index (χ3n) is 5.95. The fraction of sp³-hybridized carbons (Fsp3) is 0.609. The molecule has 5 atom stereocenters. The zero-order valence-corrected chi connectivity index (χ0v) is 17.1. The van der Waals surface area contributed by atoms with Crippen molar-refractivity contribution in [1.29, 1.82) is 0 Å². The van der Waals surface area contributed by atoms with Crippen molar-refractivity contribution in [1.82, 2.24) is 0 Å². The first-order chi connectivity index (χ1) is 14.3. The molecule has 0 bridgehead atoms. The molecule has 1 fully saturated rings. The number of hydrogen-bond acceptors (Lipinski definition) is 4. The Bertz CT molecular complexity index is 709. The number of carboxylic acid groups (broad SMARTS) is 1. The van der Waals surface area contributed by atoms with E-state index in [-0.39, 0.29) is 23.8 Å². The standard InChI is InChI=1S/C23H32F2O5/c24-16-8-12-20(25)15(13-16)7-9-17(26)10-11-19-18(21(27)14-22(19)28)5-3-1-2-4-6-23(29)30/h7-9,12-13,17-19,21-22,26-28H,1-6,10-11,14H2,(H,29,30)/b9-7+/t17?,18-,19-,21+,22-/m1/s1. The molecule has 1 aliphatic rings. The van der Waals surface area contributed by atoms with Gasteiger partial charge in [-0.05, 0) is 62.1 Å². The molecular formula is C23H32F2O5. The maximum atomic E-state index is 13.6. The van der Waals surface area contributed by atoms with Gasteiger partial charge in [0.05, 0.1) is 18.3 Å². The molecule has 5 nitrogen and oxygen atoms in total. The van der Waals surface area contributed by atoms with Crippen LogP contribution >= 0.6 is 0 Å². The summed E-state index contributed by atoms with van der Waals surface area (Å²) in [5, 5.41) is 39.4. The summed E-state index contributed by atoms with van der Waals surface area (Å²) in [6.07, 6.45) is 5.95. The summed E-state index contributed by atoms with van der Waals surface area (Å²) in [4.78, 5) is 10.5. The number of halogens is 2. The number of benzene rings is 1. The molecule has 0 saturated heterocycles. The van der Waals surface area contributed by atoms with Crippen molar-refractivity contribution in [3.63, 3.8) is 0 Å². The lowest BCUT2D eigenvalue weighted by molar-refractivity contribution is -0.137. The molecule has 1 saturated carbocycles. The molecule has 1 aliphatic carbocycles. The van der Waals surface area contributed by atoms with Gasteiger partial charge in [-0.3, -0.25) is 4.79 Å². The Morgan fingerprint density at radius 3 is 2.43 bits per heavy atom. The highest BCUT2D eigenvalue weighted by molar-refractivity contribution is 5.66. The predicted octanol–water partition coefficient (Wildman–Crippen LogP) is 3.90. The van der Waals surface area contributed by atoms with E-state index >= 15 is 0 Å². The van der Waals surface area contributed by atoms with Crippen LogP contribution in [0.4, 0.5) is 8.78 Å². The molecule has 7 heteroatoms. The summed E-state index contributed by atoms with van der Waals surface area (Å²) in [5.74, 6) is -2.11. The lowest BCUT2D eigenvalue weighted by Gasteiger charge is -2.24. The Balaban J connectivity index is 1.80. The van der Waals surface area contributed by atoms with Gasteiger partial charge in [0.2, 0.25) is 0 Å². The Hall–Kier alpha value is -1.83. The first-order valence-corrected chi connectivity index (χ1v) is 10.7. The monoisotopic (exact) mass is 426 g/mol. The summed E-state index contributed by atoms with van der Waals surface area (Å²) in [7, 11) is 0. The average Bonchev–Trinajstić information content (AvgIpc) is 2.95. The minimum Gasteiger partial charge on any atom is -0.481 e. The number of carboxylic acids is 1. The summed E-state index contributed by atoms with van der Waals surface area (Å²) < 4.78 is 26.9. The molecular weight excluding hydrogens is 394 g/mol. The molecule has 0 amide bonds. The topological polar surface area (TPSA) is 98.0 Å². The van der Waals surface area contributed by atoms with Crippen LogP contribution in [0.2, 0.25) is 0 Å². The average molecular weight is 427 g/mol. The van der Waals surface area contributed by atoms with Crippen LogP contribution in [0.15, 0.2) is 24.3 Å². The highest BCUT2D eigenvalue weighted by Crippen LogP contribution is 2.39. The smallest absolute Gasteiger partial charge is 0.303 e. The summed E-state index contributed by atoms with van der Waals surface area (Å²) in [6.45, 7) is 0. The number of unbranched alkanes of at least 4 members (excludes halogenated alkanes) is 3. The van der Waals surface area contributed by atoms with Crippen LogP contribution in [0, 0.1) is 23.5 Å². The first kappa shape index (κ1) is 24.4. The highest BCUT2D eigenvalue weighted by atomic mass is 19.1. The van der Waals surface area contributed by atoms with Crippen LogP contribution in [0.5, 0.6) is 0 Å². The van der Waals surface area contributed by atoms with Crippen molar-refractivity contribution in [2.45, 2.75) is 76.1 Å². The van der Waals surface area contributed by atoms with Gasteiger partial charge in [-0.25, -0.2) is 8.78 Å². The quantitative estimate of drug-likeness (QED) is 0.380.